The van der Waals surface area contributed by atoms with Gasteiger partial charge in [-0.25, -0.2) is 4.39 Å². The largest absolute Gasteiger partial charge is 0.490 e. The number of nitrogens with zero attached hydrogens (tertiary/aromatic N) is 1. The molecule has 0 saturated carbocycles. The van der Waals surface area contributed by atoms with E-state index in [1.54, 1.807) is 56.1 Å². The van der Waals surface area contributed by atoms with E-state index in [9.17, 15) is 18.8 Å². The number of carbonyl (C=O) groups excluding carboxylic acids is 3. The van der Waals surface area contributed by atoms with Gasteiger partial charge in [-0.2, -0.15) is 0 Å². The highest BCUT2D eigenvalue weighted by Crippen LogP contribution is 2.32. The Morgan fingerprint density at radius 3 is 2.66 bits per heavy atom. The lowest BCUT2D eigenvalue weighted by molar-refractivity contribution is -0.130. The number of nitrogens with one attached hydrogen (secondary N) is 2. The van der Waals surface area contributed by atoms with Crippen molar-refractivity contribution < 1.29 is 28.2 Å². The van der Waals surface area contributed by atoms with Crippen LogP contribution in [0.5, 0.6) is 5.75 Å². The summed E-state index contributed by atoms with van der Waals surface area (Å²) in [6, 6.07) is 10.8. The molecule has 0 unspecified atom stereocenters. The molecule has 0 bridgehead atoms. The third-order valence-corrected chi connectivity index (χ3v) is 6.36. The minimum atomic E-state index is -0.496. The second kappa shape index (κ2) is 10.4. The number of hydrogen-bond donors (Lipinski definition) is 2. The molecule has 3 atom stereocenters. The molecule has 1 saturated heterocycles. The summed E-state index contributed by atoms with van der Waals surface area (Å²) in [5.41, 5.74) is 1.04. The predicted molar refractivity (Wildman–Crippen MR) is 129 cm³/mol. The number of rotatable bonds is 5. The zero-order valence-electron chi connectivity index (χ0n) is 20.0. The molecular weight excluding hydrogens is 453 g/mol. The summed E-state index contributed by atoms with van der Waals surface area (Å²) in [6.45, 7) is 3.80. The lowest BCUT2D eigenvalue weighted by Crippen LogP contribution is -2.53. The van der Waals surface area contributed by atoms with Gasteiger partial charge in [0.2, 0.25) is 11.8 Å². The predicted octanol–water partition coefficient (Wildman–Crippen LogP) is 3.83. The van der Waals surface area contributed by atoms with Crippen molar-refractivity contribution in [2.75, 3.05) is 24.3 Å². The standard InChI is InChI=1S/C26H30FN3O5/c1-15(2)25(32)28-16-8-11-22-18(12-16)26(33)30(3)21-10-9-17(35-23(21)14-34-22)13-24(31)29-20-7-5-4-6-19(20)27/h4-8,11-12,15,17,21,23H,9-10,13-14H2,1-3H3,(H,28,32)(H,29,31)/t17-,21+,23-/m1/s1. The van der Waals surface area contributed by atoms with Crippen molar-refractivity contribution in [3.63, 3.8) is 0 Å². The molecule has 0 aromatic heterocycles. The summed E-state index contributed by atoms with van der Waals surface area (Å²) < 4.78 is 26.0. The summed E-state index contributed by atoms with van der Waals surface area (Å²) >= 11 is 0. The van der Waals surface area contributed by atoms with E-state index in [0.29, 0.717) is 29.8 Å². The maximum atomic E-state index is 13.8. The van der Waals surface area contributed by atoms with E-state index in [1.807, 2.05) is 0 Å². The Labute approximate surface area is 203 Å². The lowest BCUT2D eigenvalue weighted by atomic mass is 9.94. The Bertz CT molecular complexity index is 1120. The zero-order chi connectivity index (χ0) is 25.1. The number of para-hydroxylation sites is 1. The van der Waals surface area contributed by atoms with Crippen LogP contribution >= 0.6 is 0 Å². The van der Waals surface area contributed by atoms with Gasteiger partial charge >= 0.3 is 0 Å². The van der Waals surface area contributed by atoms with Crippen molar-refractivity contribution in [2.24, 2.45) is 5.92 Å². The van der Waals surface area contributed by atoms with E-state index in [0.717, 1.165) is 0 Å². The molecule has 4 rings (SSSR count). The van der Waals surface area contributed by atoms with Crippen molar-refractivity contribution in [2.45, 2.75) is 51.4 Å². The number of halogens is 1. The molecular formula is C26H30FN3O5. The van der Waals surface area contributed by atoms with Crippen molar-refractivity contribution in [1.29, 1.82) is 0 Å². The van der Waals surface area contributed by atoms with Gasteiger partial charge in [0.05, 0.1) is 29.8 Å². The molecule has 2 aliphatic heterocycles. The first-order chi connectivity index (χ1) is 16.7. The lowest BCUT2D eigenvalue weighted by Gasteiger charge is -2.42. The monoisotopic (exact) mass is 483 g/mol. The van der Waals surface area contributed by atoms with Crippen molar-refractivity contribution in [3.05, 3.63) is 53.8 Å². The highest BCUT2D eigenvalue weighted by Gasteiger charge is 2.39. The zero-order valence-corrected chi connectivity index (χ0v) is 20.0. The van der Waals surface area contributed by atoms with Gasteiger partial charge in [0, 0.05) is 18.7 Å². The number of benzene rings is 2. The Morgan fingerprint density at radius 2 is 1.91 bits per heavy atom. The van der Waals surface area contributed by atoms with Crippen LogP contribution in [-0.4, -0.2) is 54.5 Å². The average Bonchev–Trinajstić information content (AvgIpc) is 2.83. The number of amides is 3. The molecule has 186 valence electrons. The van der Waals surface area contributed by atoms with E-state index in [-0.39, 0.29) is 54.5 Å². The molecule has 0 spiro atoms. The number of anilines is 2. The second-order valence-electron chi connectivity index (χ2n) is 9.26. The molecule has 3 amide bonds. The van der Waals surface area contributed by atoms with Crippen LogP contribution in [0.3, 0.4) is 0 Å². The smallest absolute Gasteiger partial charge is 0.257 e. The van der Waals surface area contributed by atoms with Gasteiger partial charge in [0.25, 0.3) is 5.91 Å². The van der Waals surface area contributed by atoms with Crippen LogP contribution in [-0.2, 0) is 14.3 Å². The fourth-order valence-electron chi connectivity index (χ4n) is 4.36. The summed E-state index contributed by atoms with van der Waals surface area (Å²) in [4.78, 5) is 39.5. The van der Waals surface area contributed by atoms with E-state index in [1.165, 1.54) is 12.1 Å². The highest BCUT2D eigenvalue weighted by atomic mass is 19.1. The van der Waals surface area contributed by atoms with E-state index in [4.69, 9.17) is 9.47 Å². The van der Waals surface area contributed by atoms with Gasteiger partial charge < -0.3 is 25.0 Å². The fraction of sp³-hybridized carbons (Fsp3) is 0.423. The molecule has 2 heterocycles. The van der Waals surface area contributed by atoms with E-state index < -0.39 is 11.9 Å². The normalized spacial score (nSPS) is 21.8. The van der Waals surface area contributed by atoms with Crippen molar-refractivity contribution >= 4 is 29.1 Å². The molecule has 2 aliphatic rings. The maximum Gasteiger partial charge on any atom is 0.257 e. The first kappa shape index (κ1) is 24.7. The minimum Gasteiger partial charge on any atom is -0.490 e. The number of likely N-dealkylation sites (N-methyl/N-ethyl adjacent to an activating group) is 1. The van der Waals surface area contributed by atoms with E-state index in [2.05, 4.69) is 10.6 Å². The average molecular weight is 484 g/mol. The minimum absolute atomic E-state index is 0.0741. The molecule has 0 radical (unpaired) electrons. The Balaban J connectivity index is 1.43. The summed E-state index contributed by atoms with van der Waals surface area (Å²) in [6.07, 6.45) is 0.485. The van der Waals surface area contributed by atoms with Crippen LogP contribution < -0.4 is 15.4 Å². The third-order valence-electron chi connectivity index (χ3n) is 6.36. The van der Waals surface area contributed by atoms with Crippen LogP contribution in [0.4, 0.5) is 15.8 Å². The number of hydrogen-bond acceptors (Lipinski definition) is 5. The van der Waals surface area contributed by atoms with Crippen LogP contribution in [0.25, 0.3) is 0 Å². The van der Waals surface area contributed by atoms with Gasteiger partial charge in [-0.3, -0.25) is 14.4 Å². The number of fused-ring (bicyclic) bond motifs is 2. The van der Waals surface area contributed by atoms with Crippen LogP contribution in [0, 0.1) is 11.7 Å². The molecule has 0 aliphatic carbocycles. The maximum absolute atomic E-state index is 13.8. The third kappa shape index (κ3) is 5.62. The van der Waals surface area contributed by atoms with Crippen LogP contribution in [0.2, 0.25) is 0 Å². The number of ether oxygens (including phenoxy) is 2. The molecule has 2 aromatic rings. The number of carbonyl (C=O) groups is 3. The first-order valence-corrected chi connectivity index (χ1v) is 11.8. The van der Waals surface area contributed by atoms with Gasteiger partial charge in [-0.05, 0) is 43.2 Å². The molecule has 2 N–H and O–H groups in total. The first-order valence-electron chi connectivity index (χ1n) is 11.8. The SMILES string of the molecule is CC(C)C(=O)Nc1ccc2c(c1)C(=O)N(C)[C@H]1CC[C@H](CC(=O)Nc3ccccc3F)O[C@@H]1CO2. The quantitative estimate of drug-likeness (QED) is 0.674. The Morgan fingerprint density at radius 1 is 1.14 bits per heavy atom. The van der Waals surface area contributed by atoms with Crippen molar-refractivity contribution in [3.8, 4) is 5.75 Å². The second-order valence-corrected chi connectivity index (χ2v) is 9.26. The van der Waals surface area contributed by atoms with Gasteiger partial charge in [0.1, 0.15) is 24.3 Å². The molecule has 2 aromatic carbocycles. The molecule has 1 fully saturated rings. The topological polar surface area (TPSA) is 97.0 Å². The van der Waals surface area contributed by atoms with Gasteiger partial charge in [-0.15, -0.1) is 0 Å². The Kier molecular flexibility index (Phi) is 7.35. The molecule has 8 nitrogen and oxygen atoms in total. The Hall–Kier alpha value is -3.46. The summed E-state index contributed by atoms with van der Waals surface area (Å²) in [5, 5.41) is 5.40. The summed E-state index contributed by atoms with van der Waals surface area (Å²) in [5.74, 6) is -0.974. The van der Waals surface area contributed by atoms with Crippen LogP contribution in [0.1, 0.15) is 43.5 Å². The van der Waals surface area contributed by atoms with Crippen molar-refractivity contribution in [1.82, 2.24) is 4.90 Å². The highest BCUT2D eigenvalue weighted by molar-refractivity contribution is 6.00. The molecule has 35 heavy (non-hydrogen) atoms. The van der Waals surface area contributed by atoms with E-state index >= 15 is 0 Å². The molecule has 9 heteroatoms. The fourth-order valence-corrected chi connectivity index (χ4v) is 4.36. The van der Waals surface area contributed by atoms with Gasteiger partial charge in [0.15, 0.2) is 0 Å². The van der Waals surface area contributed by atoms with Crippen LogP contribution in [0.15, 0.2) is 42.5 Å². The van der Waals surface area contributed by atoms with Gasteiger partial charge in [-0.1, -0.05) is 26.0 Å². The summed E-state index contributed by atoms with van der Waals surface area (Å²) in [7, 11) is 1.73.